The Morgan fingerprint density at radius 3 is 1.58 bits per heavy atom. The van der Waals surface area contributed by atoms with Gasteiger partial charge in [-0.3, -0.25) is 0 Å². The highest BCUT2D eigenvalue weighted by atomic mass is 32.1. The molecule has 8 aromatic carbocycles. The molecule has 10 aromatic rings. The molecule has 0 radical (unpaired) electrons. The third kappa shape index (κ3) is 6.29. The molecular weight excluding hydrogens is 687 g/mol. The van der Waals surface area contributed by atoms with Gasteiger partial charge in [0.2, 0.25) is 0 Å². The van der Waals surface area contributed by atoms with E-state index in [2.05, 4.69) is 15.0 Å². The van der Waals surface area contributed by atoms with Crippen molar-refractivity contribution < 1.29 is 27.4 Å². The lowest BCUT2D eigenvalue weighted by Crippen LogP contribution is -2.00. The molecule has 0 unspecified atom stereocenters. The number of hydrogen-bond acceptors (Lipinski definition) is 4. The van der Waals surface area contributed by atoms with Crippen LogP contribution in [-0.2, 0) is 0 Å². The maximum atomic E-state index is 9.45. The SMILES string of the molecule is [2H]c1c([2H])c([2H])c(-c2nc(-c3c([2H])c([2H])c([2H])c(-c4c([2H])c([2H])c([2H])c([2H])c4[2H])c3[2H])nc(-c3c([2H])c([2H])c([2H])c4c3sc3c(-c5cccc(-c6ccc(-c7ccccc7)cc6)c5)c([2H])c([2H])c([2H])c34)n2)c([2H])c1[2H]. The Labute approximate surface area is 352 Å². The van der Waals surface area contributed by atoms with Crippen LogP contribution in [0.2, 0.25) is 0 Å². The first-order chi connectivity index (χ1) is 35.6. The second-order valence-electron chi connectivity index (χ2n) is 12.1. The first-order valence-electron chi connectivity index (χ1n) is 26.8. The van der Waals surface area contributed by atoms with Crippen LogP contribution in [0.15, 0.2) is 200 Å². The molecule has 0 spiro atoms. The van der Waals surface area contributed by atoms with E-state index in [1.54, 1.807) is 12.1 Å². The van der Waals surface area contributed by atoms with Crippen molar-refractivity contribution in [2.45, 2.75) is 0 Å². The van der Waals surface area contributed by atoms with Crippen molar-refractivity contribution in [3.63, 3.8) is 0 Å². The smallest absolute Gasteiger partial charge is 0.165 e. The van der Waals surface area contributed by atoms with E-state index in [0.29, 0.717) is 5.56 Å². The first-order valence-corrected chi connectivity index (χ1v) is 17.6. The third-order valence-corrected chi connectivity index (χ3v) is 9.99. The summed E-state index contributed by atoms with van der Waals surface area (Å²) in [5, 5.41) is -0.124. The molecule has 4 heteroatoms. The summed E-state index contributed by atoms with van der Waals surface area (Å²) in [5.41, 5.74) is 1.22. The Morgan fingerprint density at radius 2 is 0.855 bits per heavy atom. The maximum Gasteiger partial charge on any atom is 0.165 e. The van der Waals surface area contributed by atoms with E-state index in [1.807, 2.05) is 66.7 Å². The number of benzene rings is 8. The second kappa shape index (κ2) is 14.1. The molecular formula is C51H33N3S. The molecule has 0 N–H and O–H groups in total. The Balaban J connectivity index is 1.28. The fraction of sp³-hybridized carbons (Fsp3) is 0. The Kier molecular flexibility index (Phi) is 4.58. The van der Waals surface area contributed by atoms with Gasteiger partial charge in [-0.2, -0.15) is 0 Å². The highest BCUT2D eigenvalue weighted by molar-refractivity contribution is 7.26. The van der Waals surface area contributed by atoms with Gasteiger partial charge in [0.1, 0.15) is 0 Å². The zero-order chi connectivity index (χ0) is 54.0. The van der Waals surface area contributed by atoms with Crippen LogP contribution in [0.3, 0.4) is 0 Å². The summed E-state index contributed by atoms with van der Waals surface area (Å²) in [6.45, 7) is 0. The molecule has 10 rings (SSSR count). The Morgan fingerprint density at radius 1 is 0.345 bits per heavy atom. The van der Waals surface area contributed by atoms with E-state index >= 15 is 0 Å². The number of rotatable bonds is 7. The van der Waals surface area contributed by atoms with E-state index in [0.717, 1.165) is 33.6 Å². The van der Waals surface area contributed by atoms with Gasteiger partial charge in [0, 0.05) is 36.9 Å². The molecule has 2 aromatic heterocycles. The first kappa shape index (κ1) is 17.9. The topological polar surface area (TPSA) is 38.7 Å². The predicted octanol–water partition coefficient (Wildman–Crippen LogP) is 13.9. The minimum absolute atomic E-state index is 0.0153. The molecule has 0 bridgehead atoms. The van der Waals surface area contributed by atoms with Gasteiger partial charge >= 0.3 is 0 Å². The van der Waals surface area contributed by atoms with E-state index < -0.39 is 155 Å². The molecule has 0 aliphatic rings. The minimum Gasteiger partial charge on any atom is -0.208 e. The van der Waals surface area contributed by atoms with Crippen molar-refractivity contribution in [2.75, 3.05) is 0 Å². The van der Waals surface area contributed by atoms with Crippen LogP contribution < -0.4 is 0 Å². The summed E-state index contributed by atoms with van der Waals surface area (Å²) >= 11 is 0.887. The zero-order valence-electron chi connectivity index (χ0n) is 48.3. The standard InChI is InChI=1S/C51H33N3S/c1-4-14-34(15-5-1)36-28-30-37(31-29-36)39-20-10-22-41(32-39)43-24-12-25-44-45-26-13-27-46(48(45)55-47(43)44)51-53-49(38-18-8-3-9-19-38)52-50(54-51)42-23-11-21-40(33-42)35-16-6-2-7-17-35/h1-33H/i2D,3D,6D,7D,8D,9D,11D,12D,13D,16D,17D,18D,19D,21D,23D,24D,25D,26D,27D,33D. The molecule has 0 atom stereocenters. The van der Waals surface area contributed by atoms with Crippen LogP contribution in [0.4, 0.5) is 0 Å². The van der Waals surface area contributed by atoms with Gasteiger partial charge in [-0.25, -0.2) is 15.0 Å². The minimum atomic E-state index is -0.907. The highest BCUT2D eigenvalue weighted by Gasteiger charge is 2.18. The van der Waals surface area contributed by atoms with Crippen LogP contribution in [0.25, 0.3) is 98.8 Å². The van der Waals surface area contributed by atoms with E-state index in [1.165, 1.54) is 0 Å². The summed E-state index contributed by atoms with van der Waals surface area (Å²) in [7, 11) is 0. The van der Waals surface area contributed by atoms with Gasteiger partial charge in [-0.15, -0.1) is 11.3 Å². The molecule has 258 valence electrons. The number of fused-ring (bicyclic) bond motifs is 3. The number of nitrogens with zero attached hydrogens (tertiary/aromatic N) is 3. The van der Waals surface area contributed by atoms with Crippen molar-refractivity contribution in [1.82, 2.24) is 15.0 Å². The Bertz CT molecular complexity index is 4070. The van der Waals surface area contributed by atoms with Gasteiger partial charge in [0.25, 0.3) is 0 Å². The molecule has 0 aliphatic carbocycles. The lowest BCUT2D eigenvalue weighted by Gasteiger charge is -2.10. The predicted molar refractivity (Wildman–Crippen MR) is 231 cm³/mol. The second-order valence-corrected chi connectivity index (χ2v) is 13.1. The van der Waals surface area contributed by atoms with Crippen LogP contribution in [0.1, 0.15) is 27.4 Å². The molecule has 0 aliphatic heterocycles. The Hall–Kier alpha value is -7.01. The van der Waals surface area contributed by atoms with Gasteiger partial charge < -0.3 is 0 Å². The van der Waals surface area contributed by atoms with Crippen molar-refractivity contribution in [2.24, 2.45) is 0 Å². The number of hydrogen-bond donors (Lipinski definition) is 0. The largest absolute Gasteiger partial charge is 0.208 e. The van der Waals surface area contributed by atoms with Crippen molar-refractivity contribution in [3.8, 4) is 78.7 Å². The average Bonchev–Trinajstić information content (AvgIpc) is 3.80. The average molecular weight is 740 g/mol. The van der Waals surface area contributed by atoms with E-state index in [9.17, 15) is 6.85 Å². The van der Waals surface area contributed by atoms with Gasteiger partial charge in [-0.05, 0) is 62.7 Å². The summed E-state index contributed by atoms with van der Waals surface area (Å²) in [6.07, 6.45) is 0. The fourth-order valence-corrected chi connectivity index (χ4v) is 7.41. The lowest BCUT2D eigenvalue weighted by atomic mass is 9.96. The summed E-state index contributed by atoms with van der Waals surface area (Å²) < 4.78 is 177. The van der Waals surface area contributed by atoms with Gasteiger partial charge in [0.05, 0.1) is 27.4 Å². The zero-order valence-corrected chi connectivity index (χ0v) is 29.1. The van der Waals surface area contributed by atoms with Crippen molar-refractivity contribution in [1.29, 1.82) is 0 Å². The fourth-order valence-electron chi connectivity index (χ4n) is 6.18. The molecule has 55 heavy (non-hydrogen) atoms. The summed E-state index contributed by atoms with van der Waals surface area (Å²) in [6, 6.07) is 9.90. The lowest BCUT2D eigenvalue weighted by molar-refractivity contribution is 1.08. The monoisotopic (exact) mass is 739 g/mol. The number of aromatic nitrogens is 3. The molecule has 0 amide bonds. The summed E-state index contributed by atoms with van der Waals surface area (Å²) in [5.74, 6) is -2.01. The number of thiophene rings is 1. The molecule has 0 saturated carbocycles. The molecule has 2 heterocycles. The van der Waals surface area contributed by atoms with Crippen LogP contribution in [0.5, 0.6) is 0 Å². The van der Waals surface area contributed by atoms with E-state index in [-0.39, 0.29) is 37.3 Å². The third-order valence-electron chi connectivity index (χ3n) is 8.77. The van der Waals surface area contributed by atoms with Crippen LogP contribution in [0, 0.1) is 0 Å². The van der Waals surface area contributed by atoms with Crippen LogP contribution in [-0.4, -0.2) is 15.0 Å². The van der Waals surface area contributed by atoms with Gasteiger partial charge in [-0.1, -0.05) is 182 Å². The molecule has 0 fully saturated rings. The maximum absolute atomic E-state index is 9.45. The summed E-state index contributed by atoms with van der Waals surface area (Å²) in [4.78, 5) is 13.5. The molecule has 0 saturated heterocycles. The quantitative estimate of drug-likeness (QED) is 0.163. The molecule has 3 nitrogen and oxygen atoms in total. The van der Waals surface area contributed by atoms with Crippen molar-refractivity contribution >= 4 is 31.5 Å². The van der Waals surface area contributed by atoms with Crippen LogP contribution >= 0.6 is 11.3 Å². The van der Waals surface area contributed by atoms with E-state index in [4.69, 9.17) is 20.6 Å². The van der Waals surface area contributed by atoms with Gasteiger partial charge in [0.15, 0.2) is 17.5 Å². The van der Waals surface area contributed by atoms with Crippen molar-refractivity contribution in [3.05, 3.63) is 200 Å². The normalized spacial score (nSPS) is 16.4. The highest BCUT2D eigenvalue weighted by Crippen LogP contribution is 2.44.